The monoisotopic (exact) mass is 343 g/mol. The van der Waals surface area contributed by atoms with Crippen LogP contribution in [0.25, 0.3) is 0 Å². The summed E-state index contributed by atoms with van der Waals surface area (Å²) in [7, 11) is 0. The number of carbonyl (C=O) groups excluding carboxylic acids is 1. The normalized spacial score (nSPS) is 18.9. The Morgan fingerprint density at radius 2 is 2.00 bits per heavy atom. The Kier molecular flexibility index (Phi) is 5.46. The summed E-state index contributed by atoms with van der Waals surface area (Å²) < 4.78 is 18.7. The summed E-state index contributed by atoms with van der Waals surface area (Å²) in [6.45, 7) is 2.32. The molecule has 3 atom stereocenters. The van der Waals surface area contributed by atoms with Gasteiger partial charge in [-0.15, -0.1) is 0 Å². The Hall–Kier alpha value is -2.24. The van der Waals surface area contributed by atoms with E-state index in [1.807, 2.05) is 18.2 Å². The molecule has 1 aliphatic heterocycles. The Morgan fingerprint density at radius 3 is 2.76 bits per heavy atom. The number of nitrogens with one attached hydrogen (secondary N) is 1. The lowest BCUT2D eigenvalue weighted by molar-refractivity contribution is -0.125. The standard InChI is InChI=1S/C20H22FNO3/c1-13(20(24)15-6-8-16(21)9-7-15)22-19(23)12-18-17-5-3-2-4-14(17)10-11-25-18/h2-9,13,18,20,24H,10-12H2,1H3,(H,22,23). The summed E-state index contributed by atoms with van der Waals surface area (Å²) in [6.07, 6.45) is -0.102. The molecule has 132 valence electrons. The summed E-state index contributed by atoms with van der Waals surface area (Å²) >= 11 is 0. The van der Waals surface area contributed by atoms with Crippen LogP contribution in [-0.4, -0.2) is 23.7 Å². The van der Waals surface area contributed by atoms with Crippen LogP contribution in [0.4, 0.5) is 4.39 Å². The number of ether oxygens (including phenoxy) is 1. The molecule has 0 radical (unpaired) electrons. The molecule has 2 aromatic carbocycles. The third-order valence-electron chi connectivity index (χ3n) is 4.54. The maximum atomic E-state index is 13.0. The smallest absolute Gasteiger partial charge is 0.223 e. The first-order valence-electron chi connectivity index (χ1n) is 8.47. The van der Waals surface area contributed by atoms with E-state index in [0.717, 1.165) is 12.0 Å². The van der Waals surface area contributed by atoms with Gasteiger partial charge >= 0.3 is 0 Å². The van der Waals surface area contributed by atoms with E-state index in [0.29, 0.717) is 12.2 Å². The number of amides is 1. The minimum absolute atomic E-state index is 0.185. The average Bonchev–Trinajstić information content (AvgIpc) is 2.62. The number of fused-ring (bicyclic) bond motifs is 1. The first-order chi connectivity index (χ1) is 12.0. The molecule has 0 spiro atoms. The third kappa shape index (κ3) is 4.24. The summed E-state index contributed by atoms with van der Waals surface area (Å²) in [6, 6.07) is 13.1. The van der Waals surface area contributed by atoms with Gasteiger partial charge in [0.2, 0.25) is 5.91 Å². The lowest BCUT2D eigenvalue weighted by atomic mass is 9.95. The molecular formula is C20H22FNO3. The number of aliphatic hydroxyl groups is 1. The molecule has 5 heteroatoms. The van der Waals surface area contributed by atoms with Crippen LogP contribution in [0.1, 0.15) is 42.2 Å². The van der Waals surface area contributed by atoms with Crippen molar-refractivity contribution in [3.63, 3.8) is 0 Å². The predicted octanol–water partition coefficient (Wildman–Crippen LogP) is 3.07. The molecule has 0 saturated heterocycles. The van der Waals surface area contributed by atoms with E-state index in [1.54, 1.807) is 6.92 Å². The van der Waals surface area contributed by atoms with Crippen molar-refractivity contribution >= 4 is 5.91 Å². The summed E-state index contributed by atoms with van der Waals surface area (Å²) in [5.41, 5.74) is 2.83. The lowest BCUT2D eigenvalue weighted by Crippen LogP contribution is -2.38. The molecule has 1 heterocycles. The minimum Gasteiger partial charge on any atom is -0.386 e. The maximum Gasteiger partial charge on any atom is 0.223 e. The van der Waals surface area contributed by atoms with Crippen LogP contribution >= 0.6 is 0 Å². The second-order valence-corrected chi connectivity index (χ2v) is 6.36. The van der Waals surface area contributed by atoms with Gasteiger partial charge < -0.3 is 15.2 Å². The fraction of sp³-hybridized carbons (Fsp3) is 0.350. The van der Waals surface area contributed by atoms with Crippen molar-refractivity contribution in [3.8, 4) is 0 Å². The van der Waals surface area contributed by atoms with Gasteiger partial charge in [-0.25, -0.2) is 4.39 Å². The number of hydrogen-bond donors (Lipinski definition) is 2. The van der Waals surface area contributed by atoms with Crippen LogP contribution in [0.15, 0.2) is 48.5 Å². The van der Waals surface area contributed by atoms with Crippen LogP contribution < -0.4 is 5.32 Å². The second kappa shape index (κ2) is 7.76. The molecule has 3 rings (SSSR count). The van der Waals surface area contributed by atoms with Gasteiger partial charge in [0.05, 0.1) is 31.3 Å². The molecule has 4 nitrogen and oxygen atoms in total. The maximum absolute atomic E-state index is 13.0. The molecule has 0 fully saturated rings. The quantitative estimate of drug-likeness (QED) is 0.877. The zero-order chi connectivity index (χ0) is 17.8. The van der Waals surface area contributed by atoms with Gasteiger partial charge in [0.15, 0.2) is 0 Å². The minimum atomic E-state index is -0.899. The SMILES string of the molecule is CC(NC(=O)CC1OCCc2ccccc21)C(O)c1ccc(F)cc1. The van der Waals surface area contributed by atoms with Crippen molar-refractivity contribution in [2.45, 2.75) is 38.0 Å². The highest BCUT2D eigenvalue weighted by Gasteiger charge is 2.25. The summed E-state index contributed by atoms with van der Waals surface area (Å²) in [5.74, 6) is -0.545. The number of rotatable bonds is 5. The molecule has 0 aromatic heterocycles. The predicted molar refractivity (Wildman–Crippen MR) is 92.4 cm³/mol. The number of aliphatic hydroxyl groups excluding tert-OH is 1. The van der Waals surface area contributed by atoms with Gasteiger partial charge in [-0.05, 0) is 42.2 Å². The van der Waals surface area contributed by atoms with Gasteiger partial charge in [0, 0.05) is 0 Å². The van der Waals surface area contributed by atoms with Crippen LogP contribution in [0.3, 0.4) is 0 Å². The second-order valence-electron chi connectivity index (χ2n) is 6.36. The Morgan fingerprint density at radius 1 is 1.28 bits per heavy atom. The van der Waals surface area contributed by atoms with Gasteiger partial charge in [-0.3, -0.25) is 4.79 Å². The zero-order valence-corrected chi connectivity index (χ0v) is 14.1. The average molecular weight is 343 g/mol. The van der Waals surface area contributed by atoms with E-state index in [4.69, 9.17) is 4.74 Å². The van der Waals surface area contributed by atoms with Gasteiger partial charge in [-0.1, -0.05) is 36.4 Å². The van der Waals surface area contributed by atoms with E-state index >= 15 is 0 Å². The number of hydrogen-bond acceptors (Lipinski definition) is 3. The molecule has 2 N–H and O–H groups in total. The highest BCUT2D eigenvalue weighted by atomic mass is 19.1. The van der Waals surface area contributed by atoms with Crippen molar-refractivity contribution in [1.82, 2.24) is 5.32 Å². The van der Waals surface area contributed by atoms with E-state index in [9.17, 15) is 14.3 Å². The Labute approximate surface area is 146 Å². The molecule has 1 amide bonds. The number of benzene rings is 2. The topological polar surface area (TPSA) is 58.6 Å². The fourth-order valence-electron chi connectivity index (χ4n) is 3.15. The first kappa shape index (κ1) is 17.6. The summed E-state index contributed by atoms with van der Waals surface area (Å²) in [5, 5.41) is 13.1. The molecule has 1 aliphatic rings. The van der Waals surface area contributed by atoms with Crippen molar-refractivity contribution in [3.05, 3.63) is 71.0 Å². The van der Waals surface area contributed by atoms with Crippen LogP contribution in [-0.2, 0) is 16.0 Å². The molecule has 0 aliphatic carbocycles. The van der Waals surface area contributed by atoms with Crippen molar-refractivity contribution in [1.29, 1.82) is 0 Å². The van der Waals surface area contributed by atoms with Crippen molar-refractivity contribution in [2.24, 2.45) is 0 Å². The van der Waals surface area contributed by atoms with Crippen LogP contribution in [0, 0.1) is 5.82 Å². The molecular weight excluding hydrogens is 321 g/mol. The zero-order valence-electron chi connectivity index (χ0n) is 14.1. The van der Waals surface area contributed by atoms with E-state index < -0.39 is 12.1 Å². The van der Waals surface area contributed by atoms with E-state index in [1.165, 1.54) is 29.8 Å². The van der Waals surface area contributed by atoms with Gasteiger partial charge in [0.25, 0.3) is 0 Å². The molecule has 2 aromatic rings. The molecule has 3 unspecified atom stereocenters. The van der Waals surface area contributed by atoms with Gasteiger partial charge in [-0.2, -0.15) is 0 Å². The van der Waals surface area contributed by atoms with Crippen LogP contribution in [0.2, 0.25) is 0 Å². The largest absolute Gasteiger partial charge is 0.386 e. The number of carbonyl (C=O) groups is 1. The Bertz CT molecular complexity index is 732. The fourth-order valence-corrected chi connectivity index (χ4v) is 3.15. The molecule has 25 heavy (non-hydrogen) atoms. The van der Waals surface area contributed by atoms with Crippen LogP contribution in [0.5, 0.6) is 0 Å². The van der Waals surface area contributed by atoms with E-state index in [-0.39, 0.29) is 24.2 Å². The molecule has 0 bridgehead atoms. The summed E-state index contributed by atoms with van der Waals surface area (Å²) in [4.78, 5) is 12.4. The molecule has 0 saturated carbocycles. The van der Waals surface area contributed by atoms with E-state index in [2.05, 4.69) is 11.4 Å². The third-order valence-corrected chi connectivity index (χ3v) is 4.54. The number of halogens is 1. The van der Waals surface area contributed by atoms with Gasteiger partial charge in [0.1, 0.15) is 5.82 Å². The lowest BCUT2D eigenvalue weighted by Gasteiger charge is -2.27. The first-order valence-corrected chi connectivity index (χ1v) is 8.47. The highest BCUT2D eigenvalue weighted by Crippen LogP contribution is 2.29. The Balaban J connectivity index is 1.60. The highest BCUT2D eigenvalue weighted by molar-refractivity contribution is 5.77. The van der Waals surface area contributed by atoms with Crippen molar-refractivity contribution < 1.29 is 19.0 Å². The van der Waals surface area contributed by atoms with Crippen molar-refractivity contribution in [2.75, 3.05) is 6.61 Å².